The molecule has 0 aromatic heterocycles. The summed E-state index contributed by atoms with van der Waals surface area (Å²) < 4.78 is 0. The summed E-state index contributed by atoms with van der Waals surface area (Å²) in [4.78, 5) is 0. The minimum absolute atomic E-state index is 0.915. The fourth-order valence-electron chi connectivity index (χ4n) is 4.92. The smallest absolute Gasteiger partial charge is 0.0249 e. The van der Waals surface area contributed by atoms with Crippen LogP contribution in [0, 0.1) is 30.6 Å². The zero-order chi connectivity index (χ0) is 22.9. The van der Waals surface area contributed by atoms with Gasteiger partial charge in [0.2, 0.25) is 0 Å². The molecular formula is C33H36. The summed E-state index contributed by atoms with van der Waals surface area (Å²) in [6.07, 6.45) is 12.8. The summed E-state index contributed by atoms with van der Waals surface area (Å²) in [5.41, 5.74) is 7.36. The molecule has 0 aliphatic heterocycles. The van der Waals surface area contributed by atoms with E-state index in [1.54, 1.807) is 0 Å². The molecule has 1 fully saturated rings. The molecule has 0 saturated heterocycles. The maximum absolute atomic E-state index is 3.87. The average Bonchev–Trinajstić information content (AvgIpc) is 2.87. The van der Waals surface area contributed by atoms with Gasteiger partial charge in [0.05, 0.1) is 0 Å². The molecule has 0 heteroatoms. The van der Waals surface area contributed by atoms with Crippen molar-refractivity contribution in [3.63, 3.8) is 0 Å². The van der Waals surface area contributed by atoms with E-state index in [-0.39, 0.29) is 0 Å². The van der Waals surface area contributed by atoms with Crippen LogP contribution in [0.2, 0.25) is 0 Å². The molecule has 3 aromatic carbocycles. The Morgan fingerprint density at radius 2 is 1.18 bits per heavy atom. The number of aryl methyl sites for hydroxylation is 2. The van der Waals surface area contributed by atoms with Crippen molar-refractivity contribution in [1.29, 1.82) is 0 Å². The molecule has 4 rings (SSSR count). The lowest BCUT2D eigenvalue weighted by atomic mass is 9.78. The average molecular weight is 433 g/mol. The fraction of sp³-hybridized carbons (Fsp3) is 0.333. The van der Waals surface area contributed by atoms with Gasteiger partial charge in [-0.15, -0.1) is 6.58 Å². The Hall–Kier alpha value is -3.04. The van der Waals surface area contributed by atoms with Crippen LogP contribution in [-0.4, -0.2) is 0 Å². The quantitative estimate of drug-likeness (QED) is 0.258. The molecule has 168 valence electrons. The van der Waals surface area contributed by atoms with Gasteiger partial charge in [0, 0.05) is 11.1 Å². The molecule has 1 aliphatic carbocycles. The lowest BCUT2D eigenvalue weighted by Crippen LogP contribution is -2.15. The monoisotopic (exact) mass is 432 g/mol. The first kappa shape index (κ1) is 23.1. The van der Waals surface area contributed by atoms with Gasteiger partial charge in [-0.1, -0.05) is 97.7 Å². The number of hydrogen-bond acceptors (Lipinski definition) is 0. The Morgan fingerprint density at radius 3 is 1.73 bits per heavy atom. The first-order valence-electron chi connectivity index (χ1n) is 12.6. The Balaban J connectivity index is 1.28. The molecule has 3 aromatic rings. The van der Waals surface area contributed by atoms with E-state index in [4.69, 9.17) is 0 Å². The van der Waals surface area contributed by atoms with Gasteiger partial charge in [-0.2, -0.15) is 0 Å². The topological polar surface area (TPSA) is 0 Å². The Labute approximate surface area is 200 Å². The third-order valence-electron chi connectivity index (χ3n) is 7.16. The van der Waals surface area contributed by atoms with Crippen LogP contribution in [0.3, 0.4) is 0 Å². The maximum atomic E-state index is 3.87. The van der Waals surface area contributed by atoms with Crippen LogP contribution in [0.4, 0.5) is 0 Å². The largest absolute Gasteiger partial charge is 0.103 e. The zero-order valence-corrected chi connectivity index (χ0v) is 20.0. The molecule has 1 aliphatic rings. The van der Waals surface area contributed by atoms with Gasteiger partial charge >= 0.3 is 0 Å². The molecule has 33 heavy (non-hydrogen) atoms. The predicted octanol–water partition coefficient (Wildman–Crippen LogP) is 8.77. The van der Waals surface area contributed by atoms with Gasteiger partial charge in [-0.25, -0.2) is 0 Å². The summed E-state index contributed by atoms with van der Waals surface area (Å²) in [6.45, 7) is 5.96. The highest BCUT2D eigenvalue weighted by atomic mass is 14.3. The van der Waals surface area contributed by atoms with Crippen molar-refractivity contribution in [2.24, 2.45) is 11.8 Å². The molecule has 0 atom stereocenters. The third kappa shape index (κ3) is 6.97. The van der Waals surface area contributed by atoms with Gasteiger partial charge in [0.1, 0.15) is 0 Å². The molecule has 0 amide bonds. The van der Waals surface area contributed by atoms with Crippen LogP contribution in [0.25, 0.3) is 11.1 Å². The van der Waals surface area contributed by atoms with E-state index < -0.39 is 0 Å². The molecule has 0 spiro atoms. The summed E-state index contributed by atoms with van der Waals surface area (Å²) >= 11 is 0. The predicted molar refractivity (Wildman–Crippen MR) is 142 cm³/mol. The second kappa shape index (κ2) is 11.7. The summed E-state index contributed by atoms with van der Waals surface area (Å²) in [7, 11) is 0. The number of benzene rings is 3. The molecule has 0 bridgehead atoms. The van der Waals surface area contributed by atoms with Crippen LogP contribution in [0.15, 0.2) is 85.5 Å². The summed E-state index contributed by atoms with van der Waals surface area (Å²) in [6, 6.07) is 26.1. The minimum atomic E-state index is 0.915. The Morgan fingerprint density at radius 1 is 0.697 bits per heavy atom. The van der Waals surface area contributed by atoms with Crippen LogP contribution >= 0.6 is 0 Å². The first-order chi connectivity index (χ1) is 16.2. The van der Waals surface area contributed by atoms with Crippen molar-refractivity contribution in [1.82, 2.24) is 0 Å². The third-order valence-corrected chi connectivity index (χ3v) is 7.16. The normalized spacial score (nSPS) is 17.7. The van der Waals surface area contributed by atoms with E-state index in [1.807, 2.05) is 0 Å². The molecule has 0 unspecified atom stereocenters. The highest BCUT2D eigenvalue weighted by Gasteiger charge is 2.20. The van der Waals surface area contributed by atoms with E-state index in [2.05, 4.69) is 104 Å². The lowest BCUT2D eigenvalue weighted by Gasteiger charge is -2.28. The minimum Gasteiger partial charge on any atom is -0.103 e. The lowest BCUT2D eigenvalue weighted by molar-refractivity contribution is 0.254. The van der Waals surface area contributed by atoms with Crippen molar-refractivity contribution < 1.29 is 0 Å². The van der Waals surface area contributed by atoms with Crippen LogP contribution in [0.1, 0.15) is 67.2 Å². The van der Waals surface area contributed by atoms with Crippen LogP contribution < -0.4 is 0 Å². The Kier molecular flexibility index (Phi) is 8.21. The van der Waals surface area contributed by atoms with Gasteiger partial charge in [-0.05, 0) is 85.4 Å². The number of rotatable bonds is 7. The van der Waals surface area contributed by atoms with Gasteiger partial charge in [0.25, 0.3) is 0 Å². The van der Waals surface area contributed by atoms with E-state index in [0.717, 1.165) is 23.0 Å². The molecule has 0 radical (unpaired) electrons. The van der Waals surface area contributed by atoms with Crippen molar-refractivity contribution >= 4 is 0 Å². The van der Waals surface area contributed by atoms with Crippen LogP contribution in [-0.2, 0) is 6.42 Å². The van der Waals surface area contributed by atoms with Crippen molar-refractivity contribution in [3.05, 3.63) is 108 Å². The van der Waals surface area contributed by atoms with Gasteiger partial charge in [0.15, 0.2) is 0 Å². The summed E-state index contributed by atoms with van der Waals surface area (Å²) in [5, 5.41) is 0. The first-order valence-corrected chi connectivity index (χ1v) is 12.6. The van der Waals surface area contributed by atoms with Gasteiger partial charge in [-0.3, -0.25) is 0 Å². The van der Waals surface area contributed by atoms with Crippen molar-refractivity contribution in [2.75, 3.05) is 0 Å². The van der Waals surface area contributed by atoms with Crippen LogP contribution in [0.5, 0.6) is 0 Å². The number of hydrogen-bond donors (Lipinski definition) is 0. The molecule has 0 N–H and O–H groups in total. The molecular weight excluding hydrogens is 396 g/mol. The zero-order valence-electron chi connectivity index (χ0n) is 20.0. The maximum Gasteiger partial charge on any atom is 0.0249 e. The van der Waals surface area contributed by atoms with E-state index in [0.29, 0.717) is 0 Å². The SMILES string of the molecule is C=CCC[C@H]1CC[C@H](CCc2ccc(-c3ccc(C#Cc4ccc(C)cc4)cc3)cc2)CC1. The van der Waals surface area contributed by atoms with Gasteiger partial charge < -0.3 is 0 Å². The standard InChI is InChI=1S/C33H36/c1-3-4-5-27-10-12-29(13-11-27)15-17-31-20-24-33(25-21-31)32-22-18-30(19-23-32)16-14-28-8-6-26(2)7-9-28/h3,6-9,18-25,27,29H,1,4-5,10-13,15,17H2,2H3/t27-,29-. The fourth-order valence-corrected chi connectivity index (χ4v) is 4.92. The summed E-state index contributed by atoms with van der Waals surface area (Å²) in [5.74, 6) is 8.39. The molecule has 0 heterocycles. The molecule has 0 nitrogen and oxygen atoms in total. The molecule has 1 saturated carbocycles. The highest BCUT2D eigenvalue weighted by Crippen LogP contribution is 2.34. The van der Waals surface area contributed by atoms with Crippen molar-refractivity contribution in [3.8, 4) is 23.0 Å². The number of allylic oxidation sites excluding steroid dienone is 1. The van der Waals surface area contributed by atoms with E-state index >= 15 is 0 Å². The highest BCUT2D eigenvalue weighted by molar-refractivity contribution is 5.64. The second-order valence-corrected chi connectivity index (χ2v) is 9.68. The van der Waals surface area contributed by atoms with Crippen molar-refractivity contribution in [2.45, 2.75) is 58.3 Å². The second-order valence-electron chi connectivity index (χ2n) is 9.68. The Bertz CT molecular complexity index is 1060. The van der Waals surface area contributed by atoms with E-state index in [9.17, 15) is 0 Å². The van der Waals surface area contributed by atoms with E-state index in [1.165, 1.54) is 73.6 Å².